The van der Waals surface area contributed by atoms with Gasteiger partial charge in [0.15, 0.2) is 5.78 Å². The van der Waals surface area contributed by atoms with E-state index >= 15 is 0 Å². The van der Waals surface area contributed by atoms with E-state index in [0.717, 1.165) is 5.56 Å². The Morgan fingerprint density at radius 2 is 1.58 bits per heavy atom. The Morgan fingerprint density at radius 1 is 0.947 bits per heavy atom. The maximum atomic E-state index is 12.0. The molecule has 0 amide bonds. The average Bonchev–Trinajstić information content (AvgIpc) is 2.46. The van der Waals surface area contributed by atoms with Crippen LogP contribution in [-0.2, 0) is 5.60 Å². The van der Waals surface area contributed by atoms with Gasteiger partial charge in [0.05, 0.1) is 0 Å². The van der Waals surface area contributed by atoms with Gasteiger partial charge in [0, 0.05) is 11.1 Å². The Hall–Kier alpha value is -2.19. The average molecular weight is 250 g/mol. The largest absolute Gasteiger partial charge is 0.376 e. The molecule has 19 heavy (non-hydrogen) atoms. The summed E-state index contributed by atoms with van der Waals surface area (Å²) in [5.74, 6) is -0.0475. The van der Waals surface area contributed by atoms with Gasteiger partial charge in [-0.3, -0.25) is 4.79 Å². The van der Waals surface area contributed by atoms with Crippen molar-refractivity contribution in [2.45, 2.75) is 12.5 Å². The van der Waals surface area contributed by atoms with Gasteiger partial charge in [0.1, 0.15) is 5.60 Å². The normalized spacial score (nSPS) is 21.8. The molecule has 1 aliphatic carbocycles. The topological polar surface area (TPSA) is 37.3 Å². The molecule has 1 atom stereocenters. The second-order valence-electron chi connectivity index (χ2n) is 4.81. The molecule has 0 radical (unpaired) electrons. The first-order valence-corrected chi connectivity index (χ1v) is 6.24. The van der Waals surface area contributed by atoms with Crippen molar-refractivity contribution in [1.29, 1.82) is 0 Å². The molecule has 0 spiro atoms. The summed E-state index contributed by atoms with van der Waals surface area (Å²) < 4.78 is 0. The van der Waals surface area contributed by atoms with Crippen LogP contribution in [0.5, 0.6) is 0 Å². The quantitative estimate of drug-likeness (QED) is 0.844. The first-order valence-electron chi connectivity index (χ1n) is 6.24. The zero-order valence-corrected chi connectivity index (χ0v) is 10.6. The Morgan fingerprint density at radius 3 is 2.32 bits per heavy atom. The van der Waals surface area contributed by atoms with Gasteiger partial charge >= 0.3 is 0 Å². The summed E-state index contributed by atoms with van der Waals surface area (Å²) in [6.45, 7) is 1.79. The zero-order valence-electron chi connectivity index (χ0n) is 10.6. The molecule has 1 N–H and O–H groups in total. The lowest BCUT2D eigenvalue weighted by Crippen LogP contribution is -2.34. The molecule has 2 aromatic carbocycles. The molecule has 3 rings (SSSR count). The Labute approximate surface area is 112 Å². The molecule has 0 saturated carbocycles. The number of rotatable bonds is 1. The number of carbonyl (C=O) groups excluding carboxylic acids is 1. The third-order valence-electron chi connectivity index (χ3n) is 3.69. The Bertz CT molecular complexity index is 671. The summed E-state index contributed by atoms with van der Waals surface area (Å²) in [5, 5.41) is 11.2. The summed E-state index contributed by atoms with van der Waals surface area (Å²) in [4.78, 5) is 12.0. The van der Waals surface area contributed by atoms with Crippen LogP contribution in [0.4, 0.5) is 0 Å². The predicted octanol–water partition coefficient (Wildman–Crippen LogP) is 3.07. The highest BCUT2D eigenvalue weighted by molar-refractivity contribution is 6.08. The minimum atomic E-state index is -1.22. The minimum absolute atomic E-state index is 0.0475. The SMILES string of the molecule is CC1=CC(=O)c2ccccc2C1(O)c1ccccc1. The third-order valence-corrected chi connectivity index (χ3v) is 3.69. The van der Waals surface area contributed by atoms with Gasteiger partial charge in [0.2, 0.25) is 0 Å². The monoisotopic (exact) mass is 250 g/mol. The number of hydrogen-bond acceptors (Lipinski definition) is 2. The van der Waals surface area contributed by atoms with E-state index in [9.17, 15) is 9.90 Å². The fraction of sp³-hybridized carbons (Fsp3) is 0.118. The van der Waals surface area contributed by atoms with E-state index in [1.54, 1.807) is 13.0 Å². The van der Waals surface area contributed by atoms with E-state index in [2.05, 4.69) is 0 Å². The molecule has 2 aromatic rings. The summed E-state index contributed by atoms with van der Waals surface area (Å²) in [5.41, 5.74) is 1.45. The van der Waals surface area contributed by atoms with Crippen LogP contribution in [-0.4, -0.2) is 10.9 Å². The van der Waals surface area contributed by atoms with E-state index in [0.29, 0.717) is 16.7 Å². The highest BCUT2D eigenvalue weighted by Crippen LogP contribution is 2.41. The molecule has 0 bridgehead atoms. The molecule has 94 valence electrons. The van der Waals surface area contributed by atoms with E-state index < -0.39 is 5.60 Å². The zero-order chi connectivity index (χ0) is 13.5. The van der Waals surface area contributed by atoms with Gasteiger partial charge in [-0.15, -0.1) is 0 Å². The standard InChI is InChI=1S/C17H14O2/c1-12-11-16(18)14-9-5-6-10-15(14)17(12,19)13-7-3-2-4-8-13/h2-11,19H,1H3. The van der Waals surface area contributed by atoms with E-state index in [1.807, 2.05) is 48.5 Å². The molecule has 0 aromatic heterocycles. The number of carbonyl (C=O) groups is 1. The lowest BCUT2D eigenvalue weighted by Gasteiger charge is -2.34. The number of allylic oxidation sites excluding steroid dienone is 1. The van der Waals surface area contributed by atoms with Gasteiger partial charge in [-0.1, -0.05) is 54.6 Å². The maximum Gasteiger partial charge on any atom is 0.186 e. The van der Waals surface area contributed by atoms with Crippen LogP contribution < -0.4 is 0 Å². The van der Waals surface area contributed by atoms with Crippen LogP contribution >= 0.6 is 0 Å². The molecule has 2 nitrogen and oxygen atoms in total. The number of hydrogen-bond donors (Lipinski definition) is 1. The first-order chi connectivity index (χ1) is 9.14. The summed E-state index contributed by atoms with van der Waals surface area (Å²) in [7, 11) is 0. The molecular weight excluding hydrogens is 236 g/mol. The van der Waals surface area contributed by atoms with Crippen molar-refractivity contribution in [2.24, 2.45) is 0 Å². The second-order valence-corrected chi connectivity index (χ2v) is 4.81. The number of ketones is 1. The number of benzene rings is 2. The smallest absolute Gasteiger partial charge is 0.186 e. The van der Waals surface area contributed by atoms with Crippen molar-refractivity contribution in [2.75, 3.05) is 0 Å². The van der Waals surface area contributed by atoms with Gasteiger partial charge < -0.3 is 5.11 Å². The van der Waals surface area contributed by atoms with Gasteiger partial charge in [-0.25, -0.2) is 0 Å². The van der Waals surface area contributed by atoms with Crippen LogP contribution in [0, 0.1) is 0 Å². The van der Waals surface area contributed by atoms with Crippen molar-refractivity contribution >= 4 is 5.78 Å². The molecule has 1 aliphatic rings. The van der Waals surface area contributed by atoms with Crippen molar-refractivity contribution < 1.29 is 9.90 Å². The van der Waals surface area contributed by atoms with Crippen LogP contribution in [0.15, 0.2) is 66.2 Å². The van der Waals surface area contributed by atoms with Gasteiger partial charge in [0.25, 0.3) is 0 Å². The molecule has 0 aliphatic heterocycles. The number of aliphatic hydroxyl groups is 1. The first kappa shape index (κ1) is 11.9. The van der Waals surface area contributed by atoms with E-state index in [-0.39, 0.29) is 5.78 Å². The molecule has 0 saturated heterocycles. The molecule has 1 unspecified atom stereocenters. The fourth-order valence-electron chi connectivity index (χ4n) is 2.67. The highest BCUT2D eigenvalue weighted by Gasteiger charge is 2.39. The molecule has 0 fully saturated rings. The highest BCUT2D eigenvalue weighted by atomic mass is 16.3. The third kappa shape index (κ3) is 1.65. The Kier molecular flexibility index (Phi) is 2.61. The van der Waals surface area contributed by atoms with Crippen LogP contribution in [0.2, 0.25) is 0 Å². The van der Waals surface area contributed by atoms with Crippen molar-refractivity contribution in [3.63, 3.8) is 0 Å². The summed E-state index contributed by atoms with van der Waals surface area (Å²) >= 11 is 0. The van der Waals surface area contributed by atoms with Crippen LogP contribution in [0.1, 0.15) is 28.4 Å². The van der Waals surface area contributed by atoms with Crippen molar-refractivity contribution in [3.05, 3.63) is 82.9 Å². The van der Waals surface area contributed by atoms with Gasteiger partial charge in [-0.05, 0) is 24.1 Å². The number of fused-ring (bicyclic) bond motifs is 1. The lowest BCUT2D eigenvalue weighted by molar-refractivity contribution is 0.0956. The molecule has 0 heterocycles. The molecular formula is C17H14O2. The van der Waals surface area contributed by atoms with Crippen molar-refractivity contribution in [1.82, 2.24) is 0 Å². The van der Waals surface area contributed by atoms with Crippen LogP contribution in [0.25, 0.3) is 0 Å². The lowest BCUT2D eigenvalue weighted by atomic mass is 9.74. The molecule has 2 heteroatoms. The van der Waals surface area contributed by atoms with Crippen molar-refractivity contribution in [3.8, 4) is 0 Å². The maximum absolute atomic E-state index is 12.0. The summed E-state index contributed by atoms with van der Waals surface area (Å²) in [6, 6.07) is 16.7. The van der Waals surface area contributed by atoms with E-state index in [4.69, 9.17) is 0 Å². The fourth-order valence-corrected chi connectivity index (χ4v) is 2.67. The Balaban J connectivity index is 2.31. The van der Waals surface area contributed by atoms with Gasteiger partial charge in [-0.2, -0.15) is 0 Å². The van der Waals surface area contributed by atoms with Crippen LogP contribution in [0.3, 0.4) is 0 Å². The predicted molar refractivity (Wildman–Crippen MR) is 74.0 cm³/mol. The second kappa shape index (κ2) is 4.18. The summed E-state index contributed by atoms with van der Waals surface area (Å²) in [6.07, 6.45) is 1.52. The minimum Gasteiger partial charge on any atom is -0.376 e. The van der Waals surface area contributed by atoms with E-state index in [1.165, 1.54) is 6.08 Å².